The molecule has 0 saturated carbocycles. The van der Waals surface area contributed by atoms with Gasteiger partial charge in [0.2, 0.25) is 0 Å². The van der Waals surface area contributed by atoms with Gasteiger partial charge < -0.3 is 0 Å². The molecular formula is C9H18O4S. The highest BCUT2D eigenvalue weighted by Gasteiger charge is 2.34. The highest BCUT2D eigenvalue weighted by Crippen LogP contribution is 2.24. The van der Waals surface area contributed by atoms with Crippen LogP contribution in [-0.4, -0.2) is 24.5 Å². The van der Waals surface area contributed by atoms with E-state index in [0.29, 0.717) is 6.42 Å². The van der Waals surface area contributed by atoms with Crippen LogP contribution in [-0.2, 0) is 14.9 Å². The number of hydrogen-bond donors (Lipinski definition) is 1. The quantitative estimate of drug-likeness (QED) is 0.716. The van der Waals surface area contributed by atoms with E-state index in [1.54, 1.807) is 6.92 Å². The third-order valence-electron chi connectivity index (χ3n) is 2.27. The molecule has 14 heavy (non-hydrogen) atoms. The minimum atomic E-state index is -4.09. The first kappa shape index (κ1) is 13.6. The summed E-state index contributed by atoms with van der Waals surface area (Å²) in [6, 6.07) is 0. The number of ketones is 1. The highest BCUT2D eigenvalue weighted by atomic mass is 32.2. The van der Waals surface area contributed by atoms with Crippen LogP contribution in [0.1, 0.15) is 34.1 Å². The van der Waals surface area contributed by atoms with Crippen molar-refractivity contribution in [2.45, 2.75) is 34.1 Å². The topological polar surface area (TPSA) is 71.4 Å². The molecule has 0 bridgehead atoms. The van der Waals surface area contributed by atoms with Gasteiger partial charge in [-0.3, -0.25) is 9.35 Å². The Morgan fingerprint density at radius 1 is 1.43 bits per heavy atom. The lowest BCUT2D eigenvalue weighted by molar-refractivity contribution is -0.129. The molecule has 4 nitrogen and oxygen atoms in total. The van der Waals surface area contributed by atoms with E-state index < -0.39 is 21.3 Å². The van der Waals surface area contributed by atoms with E-state index in [4.69, 9.17) is 4.55 Å². The van der Waals surface area contributed by atoms with Crippen LogP contribution in [0.5, 0.6) is 0 Å². The van der Waals surface area contributed by atoms with Crippen molar-refractivity contribution in [3.05, 3.63) is 0 Å². The Morgan fingerprint density at radius 2 is 1.86 bits per heavy atom. The van der Waals surface area contributed by atoms with Gasteiger partial charge in [0.15, 0.2) is 0 Å². The summed E-state index contributed by atoms with van der Waals surface area (Å²) in [5.74, 6) is -0.812. The van der Waals surface area contributed by atoms with Gasteiger partial charge in [0.25, 0.3) is 10.1 Å². The summed E-state index contributed by atoms with van der Waals surface area (Å²) in [5.41, 5.74) is -1.01. The molecule has 0 aliphatic carbocycles. The lowest BCUT2D eigenvalue weighted by Gasteiger charge is -2.24. The molecule has 1 atom stereocenters. The molecule has 0 aliphatic heterocycles. The summed E-state index contributed by atoms with van der Waals surface area (Å²) in [6.45, 7) is 6.70. The summed E-state index contributed by atoms with van der Waals surface area (Å²) in [4.78, 5) is 11.7. The van der Waals surface area contributed by atoms with Gasteiger partial charge in [-0.25, -0.2) is 0 Å². The molecule has 0 saturated heterocycles. The zero-order valence-electron chi connectivity index (χ0n) is 9.07. The number of rotatable bonds is 5. The van der Waals surface area contributed by atoms with Crippen LogP contribution >= 0.6 is 0 Å². The second kappa shape index (κ2) is 4.40. The summed E-state index contributed by atoms with van der Waals surface area (Å²) in [6.07, 6.45) is 0.674. The van der Waals surface area contributed by atoms with E-state index in [9.17, 15) is 13.2 Å². The summed E-state index contributed by atoms with van der Waals surface area (Å²) >= 11 is 0. The average Bonchev–Trinajstić information content (AvgIpc) is 1.97. The van der Waals surface area contributed by atoms with Gasteiger partial charge in [0.1, 0.15) is 5.78 Å². The van der Waals surface area contributed by atoms with Crippen molar-refractivity contribution >= 4 is 15.9 Å². The zero-order valence-corrected chi connectivity index (χ0v) is 9.89. The Labute approximate surface area is 85.4 Å². The van der Waals surface area contributed by atoms with E-state index in [-0.39, 0.29) is 11.7 Å². The molecule has 1 N–H and O–H groups in total. The number of Topliss-reactive ketones (excluding diaryl/α,β-unsaturated/α-hetero) is 1. The van der Waals surface area contributed by atoms with Crippen LogP contribution in [0.3, 0.4) is 0 Å². The monoisotopic (exact) mass is 222 g/mol. The molecule has 1 unspecified atom stereocenters. The van der Waals surface area contributed by atoms with Crippen molar-refractivity contribution in [2.75, 3.05) is 5.75 Å². The van der Waals surface area contributed by atoms with Crippen LogP contribution in [0.25, 0.3) is 0 Å². The van der Waals surface area contributed by atoms with Crippen LogP contribution < -0.4 is 0 Å². The van der Waals surface area contributed by atoms with Gasteiger partial charge in [0.05, 0.1) is 5.75 Å². The van der Waals surface area contributed by atoms with Crippen molar-refractivity contribution in [3.8, 4) is 0 Å². The third kappa shape index (κ3) is 4.19. The van der Waals surface area contributed by atoms with E-state index in [2.05, 4.69) is 0 Å². The smallest absolute Gasteiger partial charge is 0.265 e. The van der Waals surface area contributed by atoms with E-state index in [1.807, 2.05) is 6.92 Å². The van der Waals surface area contributed by atoms with Crippen LogP contribution in [0, 0.1) is 11.3 Å². The standard InChI is InChI=1S/C9H18O4S/c1-5-7(2)8(10)9(3,4)6-14(11,12)13/h7H,5-6H2,1-4H3,(H,11,12,13). The second-order valence-electron chi connectivity index (χ2n) is 4.28. The fourth-order valence-electron chi connectivity index (χ4n) is 1.38. The molecule has 0 amide bonds. The molecule has 0 aromatic rings. The first-order chi connectivity index (χ1) is 6.10. The van der Waals surface area contributed by atoms with Gasteiger partial charge in [-0.05, 0) is 6.42 Å². The van der Waals surface area contributed by atoms with Crippen molar-refractivity contribution in [3.63, 3.8) is 0 Å². The molecule has 84 valence electrons. The average molecular weight is 222 g/mol. The Bertz CT molecular complexity index is 303. The number of carbonyl (C=O) groups excluding carboxylic acids is 1. The largest absolute Gasteiger partial charge is 0.299 e. The maximum absolute atomic E-state index is 11.7. The third-order valence-corrected chi connectivity index (χ3v) is 3.36. The minimum absolute atomic E-state index is 0.127. The fourth-order valence-corrected chi connectivity index (χ4v) is 2.43. The first-order valence-electron chi connectivity index (χ1n) is 4.59. The molecule has 0 aromatic heterocycles. The Hall–Kier alpha value is -0.420. The SMILES string of the molecule is CCC(C)C(=O)C(C)(C)CS(=O)(=O)O. The molecule has 0 aliphatic rings. The lowest BCUT2D eigenvalue weighted by Crippen LogP contribution is -2.35. The Kier molecular flexibility index (Phi) is 4.27. The second-order valence-corrected chi connectivity index (χ2v) is 5.74. The molecule has 0 aromatic carbocycles. The lowest BCUT2D eigenvalue weighted by atomic mass is 9.82. The molecule has 0 fully saturated rings. The van der Waals surface area contributed by atoms with Crippen molar-refractivity contribution in [2.24, 2.45) is 11.3 Å². The van der Waals surface area contributed by atoms with Crippen molar-refractivity contribution < 1.29 is 17.8 Å². The van der Waals surface area contributed by atoms with Crippen molar-refractivity contribution in [1.29, 1.82) is 0 Å². The molecule has 0 heterocycles. The maximum Gasteiger partial charge on any atom is 0.265 e. The highest BCUT2D eigenvalue weighted by molar-refractivity contribution is 7.85. The summed E-state index contributed by atoms with van der Waals surface area (Å²) in [5, 5.41) is 0. The number of hydrogen-bond acceptors (Lipinski definition) is 3. The molecule has 5 heteroatoms. The van der Waals surface area contributed by atoms with Gasteiger partial charge in [-0.15, -0.1) is 0 Å². The fraction of sp³-hybridized carbons (Fsp3) is 0.889. The molecule has 0 spiro atoms. The van der Waals surface area contributed by atoms with Crippen LogP contribution in [0.15, 0.2) is 0 Å². The molecule has 0 rings (SSSR count). The van der Waals surface area contributed by atoms with E-state index >= 15 is 0 Å². The Morgan fingerprint density at radius 3 is 2.14 bits per heavy atom. The van der Waals surface area contributed by atoms with E-state index in [0.717, 1.165) is 0 Å². The van der Waals surface area contributed by atoms with Gasteiger partial charge in [-0.2, -0.15) is 8.42 Å². The Balaban J connectivity index is 4.71. The van der Waals surface area contributed by atoms with Gasteiger partial charge >= 0.3 is 0 Å². The zero-order chi connectivity index (χ0) is 11.6. The van der Waals surface area contributed by atoms with Crippen LogP contribution in [0.2, 0.25) is 0 Å². The molecule has 0 radical (unpaired) electrons. The number of carbonyl (C=O) groups is 1. The predicted octanol–water partition coefficient (Wildman–Crippen LogP) is 1.52. The van der Waals surface area contributed by atoms with Crippen LogP contribution in [0.4, 0.5) is 0 Å². The van der Waals surface area contributed by atoms with E-state index in [1.165, 1.54) is 13.8 Å². The summed E-state index contributed by atoms with van der Waals surface area (Å²) in [7, 11) is -4.09. The normalized spacial score (nSPS) is 15.2. The maximum atomic E-state index is 11.7. The minimum Gasteiger partial charge on any atom is -0.299 e. The first-order valence-corrected chi connectivity index (χ1v) is 6.20. The summed E-state index contributed by atoms with van der Waals surface area (Å²) < 4.78 is 30.0. The van der Waals surface area contributed by atoms with Gasteiger partial charge in [-0.1, -0.05) is 27.7 Å². The molecular weight excluding hydrogens is 204 g/mol. The van der Waals surface area contributed by atoms with Gasteiger partial charge in [0, 0.05) is 11.3 Å². The predicted molar refractivity (Wildman–Crippen MR) is 54.7 cm³/mol. The van der Waals surface area contributed by atoms with Crippen molar-refractivity contribution in [1.82, 2.24) is 0 Å².